The molecule has 1 fully saturated rings. The molecule has 2 N–H and O–H groups in total. The molecule has 1 saturated heterocycles. The highest BCUT2D eigenvalue weighted by Crippen LogP contribution is 2.22. The molecule has 0 spiro atoms. The molecule has 0 amide bonds. The number of guanidine groups is 1. The van der Waals surface area contributed by atoms with Crippen LogP contribution in [0.1, 0.15) is 37.3 Å². The van der Waals surface area contributed by atoms with Gasteiger partial charge in [0.15, 0.2) is 5.96 Å². The van der Waals surface area contributed by atoms with Crippen LogP contribution >= 0.6 is 11.8 Å². The Morgan fingerprint density at radius 1 is 1.28 bits per heavy atom. The van der Waals surface area contributed by atoms with Gasteiger partial charge in [-0.15, -0.1) is 11.8 Å². The number of aryl methyl sites for hydroxylation is 1. The van der Waals surface area contributed by atoms with Crippen molar-refractivity contribution >= 4 is 17.7 Å². The molecule has 4 nitrogen and oxygen atoms in total. The summed E-state index contributed by atoms with van der Waals surface area (Å²) in [5.74, 6) is 1.76. The molecule has 0 radical (unpaired) electrons. The van der Waals surface area contributed by atoms with E-state index >= 15 is 0 Å². The van der Waals surface area contributed by atoms with Gasteiger partial charge in [0.05, 0.1) is 0 Å². The van der Waals surface area contributed by atoms with Gasteiger partial charge in [-0.25, -0.2) is 0 Å². The Bertz CT molecular complexity index is 551. The molecule has 1 aliphatic rings. The van der Waals surface area contributed by atoms with Crippen molar-refractivity contribution in [3.8, 4) is 0 Å². The monoisotopic (exact) mass is 362 g/mol. The fraction of sp³-hybridized carbons (Fsp3) is 0.650. The Morgan fingerprint density at radius 2 is 2.04 bits per heavy atom. The van der Waals surface area contributed by atoms with E-state index < -0.39 is 0 Å². The van der Waals surface area contributed by atoms with E-state index in [0.29, 0.717) is 0 Å². The molecule has 1 aliphatic heterocycles. The number of likely N-dealkylation sites (tertiary alicyclic amines) is 1. The Kier molecular flexibility index (Phi) is 8.62. The summed E-state index contributed by atoms with van der Waals surface area (Å²) < 4.78 is 0. The van der Waals surface area contributed by atoms with E-state index in [4.69, 9.17) is 0 Å². The van der Waals surface area contributed by atoms with Gasteiger partial charge in [0.2, 0.25) is 0 Å². The number of benzene rings is 1. The Balaban J connectivity index is 1.72. The van der Waals surface area contributed by atoms with Gasteiger partial charge in [-0.3, -0.25) is 4.99 Å². The first kappa shape index (κ1) is 20.1. The number of rotatable bonds is 7. The Labute approximate surface area is 157 Å². The first-order valence-electron chi connectivity index (χ1n) is 9.46. The summed E-state index contributed by atoms with van der Waals surface area (Å²) in [5, 5.41) is 6.93. The average molecular weight is 363 g/mol. The van der Waals surface area contributed by atoms with Crippen LogP contribution in [0.4, 0.5) is 0 Å². The average Bonchev–Trinajstić information content (AvgIpc) is 2.65. The van der Waals surface area contributed by atoms with Crippen LogP contribution < -0.4 is 10.6 Å². The molecule has 1 aromatic rings. The predicted molar refractivity (Wildman–Crippen MR) is 111 cm³/mol. The highest BCUT2D eigenvalue weighted by Gasteiger charge is 2.17. The normalized spacial score (nSPS) is 16.9. The van der Waals surface area contributed by atoms with E-state index in [1.807, 2.05) is 7.05 Å². The number of nitrogens with one attached hydrogen (secondary N) is 2. The molecular formula is C20H34N4S. The van der Waals surface area contributed by atoms with Gasteiger partial charge in [0.25, 0.3) is 0 Å². The molecule has 25 heavy (non-hydrogen) atoms. The van der Waals surface area contributed by atoms with Gasteiger partial charge in [0.1, 0.15) is 0 Å². The largest absolute Gasteiger partial charge is 0.356 e. The highest BCUT2D eigenvalue weighted by molar-refractivity contribution is 7.98. The van der Waals surface area contributed by atoms with E-state index in [2.05, 4.69) is 58.8 Å². The summed E-state index contributed by atoms with van der Waals surface area (Å²) >= 11 is 1.80. The number of thioether (sulfide) groups is 1. The lowest BCUT2D eigenvalue weighted by atomic mass is 9.93. The van der Waals surface area contributed by atoms with Gasteiger partial charge in [-0.1, -0.05) is 19.1 Å². The lowest BCUT2D eigenvalue weighted by molar-refractivity contribution is 0.187. The maximum Gasteiger partial charge on any atom is 0.191 e. The fourth-order valence-electron chi connectivity index (χ4n) is 3.38. The zero-order chi connectivity index (χ0) is 18.1. The van der Waals surface area contributed by atoms with Gasteiger partial charge >= 0.3 is 0 Å². The minimum atomic E-state index is 0.811. The second-order valence-electron chi connectivity index (χ2n) is 6.83. The second kappa shape index (κ2) is 10.7. The van der Waals surface area contributed by atoms with Crippen LogP contribution in [0.3, 0.4) is 0 Å². The molecule has 0 aliphatic carbocycles. The highest BCUT2D eigenvalue weighted by atomic mass is 32.2. The van der Waals surface area contributed by atoms with Crippen molar-refractivity contribution in [3.63, 3.8) is 0 Å². The number of nitrogens with zero attached hydrogens (tertiary/aromatic N) is 2. The topological polar surface area (TPSA) is 39.7 Å². The molecule has 0 aromatic heterocycles. The lowest BCUT2D eigenvalue weighted by Crippen LogP contribution is -2.39. The van der Waals surface area contributed by atoms with Crippen molar-refractivity contribution in [1.29, 1.82) is 0 Å². The molecule has 5 heteroatoms. The minimum Gasteiger partial charge on any atom is -0.356 e. The maximum atomic E-state index is 4.36. The van der Waals surface area contributed by atoms with Crippen LogP contribution in [0.25, 0.3) is 0 Å². The zero-order valence-corrected chi connectivity index (χ0v) is 17.1. The lowest BCUT2D eigenvalue weighted by Gasteiger charge is -2.31. The zero-order valence-electron chi connectivity index (χ0n) is 16.3. The maximum absolute atomic E-state index is 4.36. The van der Waals surface area contributed by atoms with Crippen molar-refractivity contribution < 1.29 is 0 Å². The van der Waals surface area contributed by atoms with E-state index in [0.717, 1.165) is 25.0 Å². The number of hydrogen-bond acceptors (Lipinski definition) is 3. The second-order valence-corrected chi connectivity index (χ2v) is 7.68. The quantitative estimate of drug-likeness (QED) is 0.442. The predicted octanol–water partition coefficient (Wildman–Crippen LogP) is 3.50. The minimum absolute atomic E-state index is 0.811. The van der Waals surface area contributed by atoms with Crippen molar-refractivity contribution in [2.24, 2.45) is 10.9 Å². The van der Waals surface area contributed by atoms with Crippen LogP contribution in [0.5, 0.6) is 0 Å². The first-order valence-corrected chi connectivity index (χ1v) is 10.7. The van der Waals surface area contributed by atoms with Crippen molar-refractivity contribution in [2.45, 2.75) is 44.6 Å². The van der Waals surface area contributed by atoms with Gasteiger partial charge in [-0.2, -0.15) is 0 Å². The Morgan fingerprint density at radius 3 is 2.68 bits per heavy atom. The molecule has 0 saturated carbocycles. The van der Waals surface area contributed by atoms with Crippen LogP contribution in [0.2, 0.25) is 0 Å². The van der Waals surface area contributed by atoms with Gasteiger partial charge in [0, 0.05) is 25.0 Å². The SMILES string of the molecule is CCN1CCC(CCNC(=NC)NCc2ccc(C)cc2SC)CC1. The molecule has 0 atom stereocenters. The molecule has 140 valence electrons. The first-order chi connectivity index (χ1) is 12.2. The van der Waals surface area contributed by atoms with E-state index in [9.17, 15) is 0 Å². The third-order valence-electron chi connectivity index (χ3n) is 5.11. The van der Waals surface area contributed by atoms with E-state index in [1.165, 1.54) is 54.9 Å². The summed E-state index contributed by atoms with van der Waals surface area (Å²) in [5.41, 5.74) is 2.64. The standard InChI is InChI=1S/C20H34N4S/c1-5-24-12-9-17(10-13-24)8-11-22-20(21-3)23-15-18-7-6-16(2)14-19(18)25-4/h6-7,14,17H,5,8-13,15H2,1-4H3,(H2,21,22,23). The molecule has 1 aromatic carbocycles. The summed E-state index contributed by atoms with van der Waals surface area (Å²) in [6.45, 7) is 9.93. The molecular weight excluding hydrogens is 328 g/mol. The van der Waals surface area contributed by atoms with Crippen molar-refractivity contribution in [2.75, 3.05) is 39.5 Å². The summed E-state index contributed by atoms with van der Waals surface area (Å²) in [6.07, 6.45) is 6.04. The molecule has 0 bridgehead atoms. The smallest absolute Gasteiger partial charge is 0.191 e. The van der Waals surface area contributed by atoms with Gasteiger partial charge < -0.3 is 15.5 Å². The van der Waals surface area contributed by atoms with Crippen LogP contribution in [-0.2, 0) is 6.54 Å². The number of aliphatic imine (C=N–C) groups is 1. The molecule has 2 rings (SSSR count). The molecule has 1 heterocycles. The fourth-order valence-corrected chi connectivity index (χ4v) is 4.09. The third-order valence-corrected chi connectivity index (χ3v) is 5.93. The van der Waals surface area contributed by atoms with Crippen LogP contribution in [0, 0.1) is 12.8 Å². The molecule has 0 unspecified atom stereocenters. The number of hydrogen-bond donors (Lipinski definition) is 2. The third kappa shape index (κ3) is 6.55. The Hall–Kier alpha value is -1.20. The van der Waals surface area contributed by atoms with E-state index in [1.54, 1.807) is 11.8 Å². The van der Waals surface area contributed by atoms with Crippen LogP contribution in [-0.4, -0.2) is 50.3 Å². The van der Waals surface area contributed by atoms with Gasteiger partial charge in [-0.05, 0) is 75.2 Å². The van der Waals surface area contributed by atoms with Crippen LogP contribution in [0.15, 0.2) is 28.1 Å². The van der Waals surface area contributed by atoms with Crippen molar-refractivity contribution in [1.82, 2.24) is 15.5 Å². The summed E-state index contributed by atoms with van der Waals surface area (Å²) in [4.78, 5) is 8.25. The van der Waals surface area contributed by atoms with E-state index in [-0.39, 0.29) is 0 Å². The summed E-state index contributed by atoms with van der Waals surface area (Å²) in [7, 11) is 1.85. The number of piperidine rings is 1. The summed E-state index contributed by atoms with van der Waals surface area (Å²) in [6, 6.07) is 6.64. The van der Waals surface area contributed by atoms with Crippen molar-refractivity contribution in [3.05, 3.63) is 29.3 Å².